The van der Waals surface area contributed by atoms with Crippen LogP contribution in [0.1, 0.15) is 47.0 Å². The molecule has 0 spiro atoms. The van der Waals surface area contributed by atoms with Gasteiger partial charge in [-0.25, -0.2) is 0 Å². The third-order valence-corrected chi connectivity index (χ3v) is 3.11. The third kappa shape index (κ3) is 3.78. The van der Waals surface area contributed by atoms with Gasteiger partial charge >= 0.3 is 0 Å². The molecule has 3 heteroatoms. The molecule has 3 nitrogen and oxygen atoms in total. The van der Waals surface area contributed by atoms with Crippen molar-refractivity contribution >= 4 is 5.91 Å². The molecule has 1 rings (SSSR count). The molecule has 1 heterocycles. The van der Waals surface area contributed by atoms with E-state index in [1.165, 1.54) is 6.42 Å². The topological polar surface area (TPSA) is 29.5 Å². The first-order chi connectivity index (χ1) is 7.52. The predicted octanol–water partition coefficient (Wildman–Crippen LogP) is 2.45. The third-order valence-electron chi connectivity index (χ3n) is 3.11. The van der Waals surface area contributed by atoms with Gasteiger partial charge in [0.05, 0.1) is 0 Å². The molecule has 0 aromatic carbocycles. The summed E-state index contributed by atoms with van der Waals surface area (Å²) < 4.78 is 5.58. The van der Waals surface area contributed by atoms with Gasteiger partial charge in [-0.2, -0.15) is 0 Å². The molecule has 1 aliphatic heterocycles. The second-order valence-corrected chi connectivity index (χ2v) is 5.25. The average molecular weight is 227 g/mol. The summed E-state index contributed by atoms with van der Waals surface area (Å²) >= 11 is 0. The maximum absolute atomic E-state index is 12.1. The molecule has 2 atom stereocenters. The minimum Gasteiger partial charge on any atom is -0.368 e. The van der Waals surface area contributed by atoms with Gasteiger partial charge in [0.2, 0.25) is 0 Å². The smallest absolute Gasteiger partial charge is 0.251 e. The molecule has 16 heavy (non-hydrogen) atoms. The highest BCUT2D eigenvalue weighted by atomic mass is 16.5. The minimum atomic E-state index is -0.289. The zero-order valence-corrected chi connectivity index (χ0v) is 11.0. The molecule has 0 bridgehead atoms. The fourth-order valence-electron chi connectivity index (χ4n) is 2.07. The van der Waals surface area contributed by atoms with Crippen LogP contribution in [0.25, 0.3) is 0 Å². The lowest BCUT2D eigenvalue weighted by Crippen LogP contribution is -2.47. The molecule has 0 aliphatic carbocycles. The summed E-state index contributed by atoms with van der Waals surface area (Å²) in [5.74, 6) is 0.641. The van der Waals surface area contributed by atoms with E-state index in [9.17, 15) is 4.79 Å². The van der Waals surface area contributed by atoms with Crippen LogP contribution in [0.4, 0.5) is 0 Å². The van der Waals surface area contributed by atoms with Crippen LogP contribution in [-0.2, 0) is 9.53 Å². The lowest BCUT2D eigenvalue weighted by Gasteiger charge is -2.35. The van der Waals surface area contributed by atoms with Gasteiger partial charge in [-0.05, 0) is 39.0 Å². The van der Waals surface area contributed by atoms with Crippen LogP contribution in [0.5, 0.6) is 0 Å². The maximum Gasteiger partial charge on any atom is 0.251 e. The summed E-state index contributed by atoms with van der Waals surface area (Å²) in [6.07, 6.45) is 3.21. The van der Waals surface area contributed by atoms with Gasteiger partial charge in [0.15, 0.2) is 0 Å². The average Bonchev–Trinajstić information content (AvgIpc) is 2.25. The molecule has 1 amide bonds. The van der Waals surface area contributed by atoms with Crippen molar-refractivity contribution in [2.75, 3.05) is 13.2 Å². The summed E-state index contributed by atoms with van der Waals surface area (Å²) in [6.45, 7) is 9.75. The van der Waals surface area contributed by atoms with E-state index in [1.807, 2.05) is 11.8 Å². The highest BCUT2D eigenvalue weighted by molar-refractivity contribution is 5.80. The van der Waals surface area contributed by atoms with Crippen LogP contribution in [0.3, 0.4) is 0 Å². The number of likely N-dealkylation sites (tertiary alicyclic amines) is 1. The van der Waals surface area contributed by atoms with Crippen molar-refractivity contribution in [2.45, 2.75) is 59.1 Å². The molecule has 94 valence electrons. The van der Waals surface area contributed by atoms with E-state index in [4.69, 9.17) is 4.74 Å². The van der Waals surface area contributed by atoms with Crippen molar-refractivity contribution in [3.8, 4) is 0 Å². The van der Waals surface area contributed by atoms with Crippen molar-refractivity contribution in [2.24, 2.45) is 5.92 Å². The molecule has 0 aromatic rings. The van der Waals surface area contributed by atoms with E-state index in [2.05, 4.69) is 20.8 Å². The van der Waals surface area contributed by atoms with E-state index in [0.29, 0.717) is 18.6 Å². The van der Waals surface area contributed by atoms with Gasteiger partial charge in [0.1, 0.15) is 6.10 Å². The SMILES string of the molecule is CC(C)CO[C@H](C)C(=O)N1CCCC[C@@H]1C. The quantitative estimate of drug-likeness (QED) is 0.738. The Bertz CT molecular complexity index is 228. The van der Waals surface area contributed by atoms with Crippen molar-refractivity contribution in [1.29, 1.82) is 0 Å². The minimum absolute atomic E-state index is 0.160. The molecule has 0 radical (unpaired) electrons. The standard InChI is InChI=1S/C13H25NO2/c1-10(2)9-16-12(4)13(15)14-8-6-5-7-11(14)3/h10-12H,5-9H2,1-4H3/t11-,12+/m0/s1. The van der Waals surface area contributed by atoms with Crippen LogP contribution < -0.4 is 0 Å². The first kappa shape index (κ1) is 13.5. The van der Waals surface area contributed by atoms with Gasteiger partial charge in [0, 0.05) is 19.2 Å². The first-order valence-electron chi connectivity index (χ1n) is 6.44. The Kier molecular flexibility index (Phi) is 5.26. The summed E-state index contributed by atoms with van der Waals surface area (Å²) in [6, 6.07) is 0.381. The molecule has 0 saturated carbocycles. The summed E-state index contributed by atoms with van der Waals surface area (Å²) in [5.41, 5.74) is 0. The highest BCUT2D eigenvalue weighted by Crippen LogP contribution is 2.18. The van der Waals surface area contributed by atoms with Gasteiger partial charge in [0.25, 0.3) is 5.91 Å². The Labute approximate surface area is 99.1 Å². The van der Waals surface area contributed by atoms with Crippen LogP contribution in [0.15, 0.2) is 0 Å². The van der Waals surface area contributed by atoms with Gasteiger partial charge in [-0.1, -0.05) is 13.8 Å². The van der Waals surface area contributed by atoms with Crippen molar-refractivity contribution in [3.05, 3.63) is 0 Å². The number of carbonyl (C=O) groups is 1. The van der Waals surface area contributed by atoms with Crippen molar-refractivity contribution in [1.82, 2.24) is 4.90 Å². The molecule has 0 N–H and O–H groups in total. The van der Waals surface area contributed by atoms with Crippen LogP contribution in [-0.4, -0.2) is 36.1 Å². The number of carbonyl (C=O) groups excluding carboxylic acids is 1. The zero-order chi connectivity index (χ0) is 12.1. The number of piperidine rings is 1. The normalized spacial score (nSPS) is 23.6. The van der Waals surface area contributed by atoms with E-state index < -0.39 is 0 Å². The Morgan fingerprint density at radius 3 is 2.62 bits per heavy atom. The number of ether oxygens (including phenoxy) is 1. The van der Waals surface area contributed by atoms with Crippen LogP contribution in [0, 0.1) is 5.92 Å². The van der Waals surface area contributed by atoms with Gasteiger partial charge < -0.3 is 9.64 Å². The van der Waals surface area contributed by atoms with Crippen molar-refractivity contribution < 1.29 is 9.53 Å². The molecule has 0 aromatic heterocycles. The number of hydrogen-bond acceptors (Lipinski definition) is 2. The lowest BCUT2D eigenvalue weighted by molar-refractivity contribution is -0.146. The monoisotopic (exact) mass is 227 g/mol. The molecule has 1 aliphatic rings. The molecule has 0 unspecified atom stereocenters. The van der Waals surface area contributed by atoms with E-state index in [-0.39, 0.29) is 12.0 Å². The summed E-state index contributed by atoms with van der Waals surface area (Å²) in [4.78, 5) is 14.1. The fourth-order valence-corrected chi connectivity index (χ4v) is 2.07. The molecular formula is C13H25NO2. The largest absolute Gasteiger partial charge is 0.368 e. The molecule has 1 fully saturated rings. The number of amides is 1. The summed E-state index contributed by atoms with van der Waals surface area (Å²) in [7, 11) is 0. The van der Waals surface area contributed by atoms with Crippen LogP contribution in [0.2, 0.25) is 0 Å². The van der Waals surface area contributed by atoms with Gasteiger partial charge in [-0.15, -0.1) is 0 Å². The Hall–Kier alpha value is -0.570. The van der Waals surface area contributed by atoms with Gasteiger partial charge in [-0.3, -0.25) is 4.79 Å². The number of hydrogen-bond donors (Lipinski definition) is 0. The highest BCUT2D eigenvalue weighted by Gasteiger charge is 2.27. The van der Waals surface area contributed by atoms with Crippen molar-refractivity contribution in [3.63, 3.8) is 0 Å². The Morgan fingerprint density at radius 1 is 1.38 bits per heavy atom. The van der Waals surface area contributed by atoms with E-state index in [0.717, 1.165) is 19.4 Å². The first-order valence-corrected chi connectivity index (χ1v) is 6.44. The Balaban J connectivity index is 2.42. The molecular weight excluding hydrogens is 202 g/mol. The van der Waals surface area contributed by atoms with Crippen LogP contribution >= 0.6 is 0 Å². The number of rotatable bonds is 4. The molecule has 1 saturated heterocycles. The second-order valence-electron chi connectivity index (χ2n) is 5.25. The number of nitrogens with zero attached hydrogens (tertiary/aromatic N) is 1. The summed E-state index contributed by atoms with van der Waals surface area (Å²) in [5, 5.41) is 0. The zero-order valence-electron chi connectivity index (χ0n) is 11.0. The lowest BCUT2D eigenvalue weighted by atomic mass is 10.0. The van der Waals surface area contributed by atoms with E-state index in [1.54, 1.807) is 0 Å². The maximum atomic E-state index is 12.1. The Morgan fingerprint density at radius 2 is 2.06 bits per heavy atom. The second kappa shape index (κ2) is 6.24. The fraction of sp³-hybridized carbons (Fsp3) is 0.923. The predicted molar refractivity (Wildman–Crippen MR) is 65.3 cm³/mol. The van der Waals surface area contributed by atoms with E-state index >= 15 is 0 Å².